The van der Waals surface area contributed by atoms with Gasteiger partial charge in [-0.05, 0) is 169 Å². The van der Waals surface area contributed by atoms with Crippen LogP contribution in [0.25, 0.3) is 0 Å². The van der Waals surface area contributed by atoms with E-state index in [1.807, 2.05) is 127 Å². The lowest BCUT2D eigenvalue weighted by Crippen LogP contribution is -2.18. The maximum atomic E-state index is 9.93. The fraction of sp³-hybridized carbons (Fsp3) is 0.529. The molecule has 7 rings (SSSR count). The lowest BCUT2D eigenvalue weighted by atomic mass is 10.1. The topological polar surface area (TPSA) is 83.9 Å². The molecule has 0 atom stereocenters. The number of amides is 1. The number of nitrogens with zero attached hydrogens (tertiary/aromatic N) is 2. The predicted octanol–water partition coefficient (Wildman–Crippen LogP) is 19.7. The fourth-order valence-corrected chi connectivity index (χ4v) is 6.77. The Kier molecular flexibility index (Phi) is 78.0. The summed E-state index contributed by atoms with van der Waals surface area (Å²) < 4.78 is 9.56. The van der Waals surface area contributed by atoms with Crippen molar-refractivity contribution in [1.29, 1.82) is 0 Å². The number of aromatic nitrogens is 1. The molecule has 7 nitrogen and oxygen atoms in total. The third-order valence-electron chi connectivity index (χ3n) is 10.6. The van der Waals surface area contributed by atoms with Crippen molar-refractivity contribution in [3.05, 3.63) is 178 Å². The van der Waals surface area contributed by atoms with Crippen LogP contribution in [0.2, 0.25) is 10.0 Å². The van der Waals surface area contributed by atoms with E-state index in [0.29, 0.717) is 0 Å². The number of aliphatic hydroxyl groups excluding tert-OH is 1. The number of pyridine rings is 1. The van der Waals surface area contributed by atoms with Gasteiger partial charge in [0.05, 0.1) is 7.11 Å². The fourth-order valence-electron chi connectivity index (χ4n) is 6.31. The van der Waals surface area contributed by atoms with Crippen LogP contribution in [0.3, 0.4) is 0 Å². The molecule has 1 amide bonds. The van der Waals surface area contributed by atoms with Crippen LogP contribution in [0.4, 0.5) is 0 Å². The molecular formula is C68H117Cl2N3O4. The first kappa shape index (κ1) is 86.4. The van der Waals surface area contributed by atoms with Gasteiger partial charge in [-0.15, -0.1) is 6.58 Å². The van der Waals surface area contributed by atoms with Crippen LogP contribution in [-0.4, -0.2) is 74.5 Å². The number of rotatable bonds is 9. The number of aryl methyl sites for hydroxylation is 5. The Morgan fingerprint density at radius 3 is 1.40 bits per heavy atom. The monoisotopic (exact) mass is 1110 g/mol. The van der Waals surface area contributed by atoms with Gasteiger partial charge >= 0.3 is 0 Å². The van der Waals surface area contributed by atoms with Crippen molar-refractivity contribution in [3.63, 3.8) is 0 Å². The van der Waals surface area contributed by atoms with Gasteiger partial charge in [0.1, 0.15) is 5.75 Å². The minimum absolute atomic E-state index is 0. The molecule has 1 aliphatic carbocycles. The van der Waals surface area contributed by atoms with Gasteiger partial charge in [0.25, 0.3) is 0 Å². The Balaban J connectivity index is -0.000000141. The number of hydrogen-bond donors (Lipinski definition) is 2. The molecule has 0 spiro atoms. The molecule has 2 heterocycles. The number of allylic oxidation sites excluding steroid dienone is 1. The molecule has 1 saturated carbocycles. The molecule has 4 aromatic carbocycles. The summed E-state index contributed by atoms with van der Waals surface area (Å²) in [7, 11) is 3.36. The summed E-state index contributed by atoms with van der Waals surface area (Å²) >= 11 is 11.4. The highest BCUT2D eigenvalue weighted by Crippen LogP contribution is 2.26. The van der Waals surface area contributed by atoms with E-state index in [1.165, 1.54) is 93.8 Å². The predicted molar refractivity (Wildman–Crippen MR) is 348 cm³/mol. The van der Waals surface area contributed by atoms with E-state index >= 15 is 0 Å². The molecule has 0 radical (unpaired) electrons. The summed E-state index contributed by atoms with van der Waals surface area (Å²) in [5, 5.41) is 11.8. The zero-order valence-corrected chi connectivity index (χ0v) is 51.8. The summed E-state index contributed by atoms with van der Waals surface area (Å²) in [5.41, 5.74) is 6.42. The van der Waals surface area contributed by atoms with Crippen LogP contribution in [0, 0.1) is 12.8 Å². The summed E-state index contributed by atoms with van der Waals surface area (Å²) in [6.45, 7) is 37.1. The van der Waals surface area contributed by atoms with Crippen molar-refractivity contribution in [3.8, 4) is 5.75 Å². The first-order chi connectivity index (χ1) is 36.2. The smallest absolute Gasteiger partial charge is 0.216 e. The number of halogens is 2. The van der Waals surface area contributed by atoms with Crippen LogP contribution >= 0.6 is 23.2 Å². The minimum atomic E-state index is 0. The van der Waals surface area contributed by atoms with Crippen LogP contribution in [0.15, 0.2) is 140 Å². The van der Waals surface area contributed by atoms with Gasteiger partial charge in [-0.25, -0.2) is 0 Å². The molecule has 1 aliphatic heterocycles. The standard InChI is InChI=1S/C9H12O.C8H9Cl.C8H10.C7H7Cl.C7H9N.C7H14.C6H13N.C4H9NO.C3H8O.C3H6.C2H6O.C2H6.2CH4/c1-3-8-4-6-9(10-2)7-5-8;1-2-7-4-3-5-8(9)6-7;1-2-8-6-4-3-5-7-8;1-6-3-2-4-7(8)5-6;1-2-7-5-3-4-6-8-7;2*1-2-7-5-3-4-6-7;1-3-5-4(2)6;1-3-4-2;1-3-2;1-2-3;1-2;;/h4-7H,3H2,1-2H3;3-6H,2H2,1H3;3-7H,2H2,1H3;2-5H,1H3;3-6H,2H2,1H3;7H,2-6H2,1H3;2-6H2,1H3;3H2,1-2H3,(H,5,6);3H2,1-2H3;3H,1H2,2H3;3H,2H2,1H3;1-2H3;2*1H4. The molecule has 9 heteroatoms. The molecule has 5 aromatic rings. The van der Waals surface area contributed by atoms with E-state index in [9.17, 15) is 4.79 Å². The highest BCUT2D eigenvalue weighted by Gasteiger charge is 2.11. The number of methoxy groups -OCH3 is 2. The summed E-state index contributed by atoms with van der Waals surface area (Å²) in [6.07, 6.45) is 18.2. The average Bonchev–Trinajstić information content (AvgIpc) is 4.20. The number of carbonyl (C=O) groups excluding carboxylic acids is 1. The Morgan fingerprint density at radius 1 is 0.688 bits per heavy atom. The number of likely N-dealkylation sites (tertiary alicyclic amines) is 1. The third kappa shape index (κ3) is 63.9. The normalized spacial score (nSPS) is 10.9. The summed E-state index contributed by atoms with van der Waals surface area (Å²) in [6, 6.07) is 40.2. The molecular weight excluding hydrogens is 994 g/mol. The van der Waals surface area contributed by atoms with Gasteiger partial charge in [-0.1, -0.05) is 204 Å². The van der Waals surface area contributed by atoms with Gasteiger partial charge < -0.3 is 24.8 Å². The summed E-state index contributed by atoms with van der Waals surface area (Å²) in [4.78, 5) is 16.5. The number of ether oxygens (including phenoxy) is 2. The van der Waals surface area contributed by atoms with Crippen LogP contribution in [-0.2, 0) is 35.2 Å². The molecule has 1 saturated heterocycles. The van der Waals surface area contributed by atoms with E-state index in [1.54, 1.807) is 27.2 Å². The SMILES string of the molecule is C.C.C=CC.CC.CCC1CCCC1.CCN1CCCC1.CCNC(C)=O.CCO.CCOC.CCc1ccc(OC)cc1.CCc1cccc(Cl)c1.CCc1ccccc1.CCc1ccccn1.Cc1cccc(Cl)c1. The van der Waals surface area contributed by atoms with Gasteiger partial charge in [-0.3, -0.25) is 9.78 Å². The van der Waals surface area contributed by atoms with Crippen molar-refractivity contribution >= 4 is 29.1 Å². The lowest BCUT2D eigenvalue weighted by molar-refractivity contribution is -0.118. The Labute approximate surface area is 487 Å². The van der Waals surface area contributed by atoms with Crippen molar-refractivity contribution in [2.45, 2.75) is 182 Å². The largest absolute Gasteiger partial charge is 0.497 e. The number of aliphatic hydroxyl groups is 1. The van der Waals surface area contributed by atoms with Crippen LogP contribution < -0.4 is 10.1 Å². The molecule has 2 fully saturated rings. The van der Waals surface area contributed by atoms with E-state index in [-0.39, 0.29) is 27.4 Å². The van der Waals surface area contributed by atoms with Crippen molar-refractivity contribution in [2.24, 2.45) is 5.92 Å². The maximum Gasteiger partial charge on any atom is 0.216 e. The van der Waals surface area contributed by atoms with E-state index < -0.39 is 0 Å². The van der Waals surface area contributed by atoms with Gasteiger partial charge in [0, 0.05) is 55.7 Å². The number of hydrogen-bond acceptors (Lipinski definition) is 6. The Bertz CT molecular complexity index is 1770. The van der Waals surface area contributed by atoms with Crippen LogP contribution in [0.1, 0.15) is 178 Å². The third-order valence-corrected chi connectivity index (χ3v) is 11.1. The molecule has 0 bridgehead atoms. The zero-order chi connectivity index (χ0) is 57.8. The molecule has 77 heavy (non-hydrogen) atoms. The number of nitrogens with one attached hydrogen (secondary N) is 1. The molecule has 1 aromatic heterocycles. The minimum Gasteiger partial charge on any atom is -0.497 e. The highest BCUT2D eigenvalue weighted by atomic mass is 35.5. The van der Waals surface area contributed by atoms with E-state index in [4.69, 9.17) is 33.0 Å². The zero-order valence-electron chi connectivity index (χ0n) is 50.3. The van der Waals surface area contributed by atoms with Gasteiger partial charge in [0.15, 0.2) is 0 Å². The molecule has 442 valence electrons. The lowest BCUT2D eigenvalue weighted by Gasteiger charge is -2.08. The van der Waals surface area contributed by atoms with Crippen molar-refractivity contribution < 1.29 is 19.4 Å². The number of carbonyl (C=O) groups is 1. The summed E-state index contributed by atoms with van der Waals surface area (Å²) in [5.74, 6) is 2.06. The second-order valence-corrected chi connectivity index (χ2v) is 17.5. The molecule has 0 unspecified atom stereocenters. The van der Waals surface area contributed by atoms with Gasteiger partial charge in [0.2, 0.25) is 5.91 Å². The quantitative estimate of drug-likeness (QED) is 0.143. The Hall–Kier alpha value is -4.50. The average molecular weight is 1110 g/mol. The second kappa shape index (κ2) is 69.5. The highest BCUT2D eigenvalue weighted by molar-refractivity contribution is 6.30. The Morgan fingerprint density at radius 2 is 1.14 bits per heavy atom. The maximum absolute atomic E-state index is 9.93. The molecule has 2 aliphatic rings. The van der Waals surface area contributed by atoms with Crippen molar-refractivity contribution in [2.75, 3.05) is 53.6 Å². The van der Waals surface area contributed by atoms with E-state index in [2.05, 4.69) is 111 Å². The van der Waals surface area contributed by atoms with Crippen LogP contribution in [0.5, 0.6) is 5.75 Å². The van der Waals surface area contributed by atoms with Crippen molar-refractivity contribution in [1.82, 2.24) is 15.2 Å². The van der Waals surface area contributed by atoms with Gasteiger partial charge in [-0.2, -0.15) is 0 Å². The van der Waals surface area contributed by atoms with E-state index in [0.717, 1.165) is 66.2 Å². The first-order valence-electron chi connectivity index (χ1n) is 27.9. The number of benzene rings is 4. The second-order valence-electron chi connectivity index (χ2n) is 16.6. The first-order valence-corrected chi connectivity index (χ1v) is 28.6. The molecule has 2 N–H and O–H groups in total.